The van der Waals surface area contributed by atoms with E-state index in [2.05, 4.69) is 25.3 Å². The zero-order valence-corrected chi connectivity index (χ0v) is 18.9. The number of aromatic nitrogens is 6. The number of anilines is 1. The van der Waals surface area contributed by atoms with E-state index in [1.807, 2.05) is 31.7 Å². The molecule has 0 atom stereocenters. The van der Waals surface area contributed by atoms with Gasteiger partial charge in [-0.05, 0) is 33.1 Å². The van der Waals surface area contributed by atoms with Gasteiger partial charge in [0, 0.05) is 44.7 Å². The summed E-state index contributed by atoms with van der Waals surface area (Å²) in [6.07, 6.45) is 10.4. The Labute approximate surface area is 187 Å². The zero-order chi connectivity index (χ0) is 22.5. The summed E-state index contributed by atoms with van der Waals surface area (Å²) in [6, 6.07) is 0. The molecular formula is C22H30N8O2. The van der Waals surface area contributed by atoms with E-state index in [4.69, 9.17) is 9.72 Å². The molecule has 3 aromatic heterocycles. The molecule has 0 radical (unpaired) electrons. The van der Waals surface area contributed by atoms with Crippen LogP contribution in [0.4, 0.5) is 5.82 Å². The molecule has 4 rings (SSSR count). The number of ether oxygens (including phenoxy) is 1. The Balaban J connectivity index is 1.62. The smallest absolute Gasteiger partial charge is 0.255 e. The van der Waals surface area contributed by atoms with Gasteiger partial charge in [-0.25, -0.2) is 9.97 Å². The molecule has 10 heteroatoms. The van der Waals surface area contributed by atoms with Crippen LogP contribution < -0.4 is 10.2 Å². The molecule has 0 aromatic carbocycles. The van der Waals surface area contributed by atoms with Gasteiger partial charge in [0.25, 0.3) is 11.9 Å². The highest BCUT2D eigenvalue weighted by molar-refractivity contribution is 5.95. The van der Waals surface area contributed by atoms with Gasteiger partial charge in [-0.15, -0.1) is 0 Å². The molecule has 3 aromatic rings. The minimum Gasteiger partial charge on any atom is -0.375 e. The molecule has 4 heterocycles. The highest BCUT2D eigenvalue weighted by atomic mass is 16.5. The van der Waals surface area contributed by atoms with Crippen molar-refractivity contribution in [1.82, 2.24) is 34.6 Å². The highest BCUT2D eigenvalue weighted by Crippen LogP contribution is 2.23. The van der Waals surface area contributed by atoms with Crippen molar-refractivity contribution in [2.24, 2.45) is 7.05 Å². The van der Waals surface area contributed by atoms with Crippen LogP contribution in [0.25, 0.3) is 5.95 Å². The van der Waals surface area contributed by atoms with Gasteiger partial charge in [0.1, 0.15) is 5.82 Å². The number of amides is 1. The summed E-state index contributed by atoms with van der Waals surface area (Å²) in [7, 11) is 1.89. The molecule has 170 valence electrons. The van der Waals surface area contributed by atoms with Gasteiger partial charge in [-0.3, -0.25) is 4.79 Å². The fraction of sp³-hybridized carbons (Fsp3) is 0.500. The number of carbonyl (C=O) groups is 1. The van der Waals surface area contributed by atoms with Crippen molar-refractivity contribution in [3.63, 3.8) is 0 Å². The molecule has 0 saturated carbocycles. The summed E-state index contributed by atoms with van der Waals surface area (Å²) in [6.45, 7) is 7.05. The van der Waals surface area contributed by atoms with Crippen molar-refractivity contribution in [3.05, 3.63) is 47.4 Å². The van der Waals surface area contributed by atoms with Crippen molar-refractivity contribution in [2.75, 3.05) is 24.6 Å². The number of hydrogen-bond acceptors (Lipinski definition) is 7. The minimum absolute atomic E-state index is 0.226. The summed E-state index contributed by atoms with van der Waals surface area (Å²) in [4.78, 5) is 28.7. The second-order valence-electron chi connectivity index (χ2n) is 7.96. The van der Waals surface area contributed by atoms with E-state index < -0.39 is 0 Å². The molecule has 10 nitrogen and oxygen atoms in total. The monoisotopic (exact) mass is 438 g/mol. The minimum atomic E-state index is -0.226. The van der Waals surface area contributed by atoms with Crippen LogP contribution in [-0.4, -0.2) is 54.9 Å². The largest absolute Gasteiger partial charge is 0.375 e. The number of nitrogens with zero attached hydrogens (tertiary/aromatic N) is 7. The first kappa shape index (κ1) is 21.9. The summed E-state index contributed by atoms with van der Waals surface area (Å²) >= 11 is 0. The van der Waals surface area contributed by atoms with E-state index in [0.717, 1.165) is 43.0 Å². The summed E-state index contributed by atoms with van der Waals surface area (Å²) in [5.74, 6) is 1.14. The topological polar surface area (TPSA) is 103 Å². The van der Waals surface area contributed by atoms with Crippen molar-refractivity contribution in [3.8, 4) is 5.95 Å². The Morgan fingerprint density at radius 2 is 2.00 bits per heavy atom. The van der Waals surface area contributed by atoms with E-state index in [1.165, 1.54) is 6.42 Å². The normalized spacial score (nSPS) is 14.0. The van der Waals surface area contributed by atoms with Crippen LogP contribution in [0.1, 0.15) is 53.5 Å². The molecule has 1 amide bonds. The summed E-state index contributed by atoms with van der Waals surface area (Å²) < 4.78 is 9.13. The van der Waals surface area contributed by atoms with E-state index >= 15 is 0 Å². The molecule has 0 spiro atoms. The van der Waals surface area contributed by atoms with Gasteiger partial charge in [0.05, 0.1) is 42.6 Å². The third kappa shape index (κ3) is 4.64. The van der Waals surface area contributed by atoms with E-state index in [0.29, 0.717) is 30.4 Å². The second kappa shape index (κ2) is 9.90. The van der Waals surface area contributed by atoms with Gasteiger partial charge in [0.2, 0.25) is 0 Å². The lowest BCUT2D eigenvalue weighted by molar-refractivity contribution is 0.0938. The number of carbonyl (C=O) groups excluding carboxylic acids is 1. The first-order chi connectivity index (χ1) is 15.6. The van der Waals surface area contributed by atoms with E-state index in [1.54, 1.807) is 23.4 Å². The maximum atomic E-state index is 12.9. The lowest BCUT2D eigenvalue weighted by atomic mass is 10.1. The van der Waals surface area contributed by atoms with Crippen LogP contribution in [0, 0.1) is 6.92 Å². The quantitative estimate of drug-likeness (QED) is 0.575. The number of rotatable bonds is 8. The van der Waals surface area contributed by atoms with Crippen LogP contribution in [0.5, 0.6) is 0 Å². The van der Waals surface area contributed by atoms with Gasteiger partial charge in [-0.2, -0.15) is 14.8 Å². The molecule has 32 heavy (non-hydrogen) atoms. The van der Waals surface area contributed by atoms with Crippen molar-refractivity contribution in [2.45, 2.75) is 46.3 Å². The Bertz CT molecular complexity index is 1070. The third-order valence-electron chi connectivity index (χ3n) is 5.68. The summed E-state index contributed by atoms with van der Waals surface area (Å²) in [5, 5.41) is 7.39. The van der Waals surface area contributed by atoms with E-state index in [9.17, 15) is 4.79 Å². The number of nitrogens with one attached hydrogen (secondary N) is 1. The van der Waals surface area contributed by atoms with Gasteiger partial charge in [-0.1, -0.05) is 0 Å². The Morgan fingerprint density at radius 3 is 2.72 bits per heavy atom. The van der Waals surface area contributed by atoms with E-state index in [-0.39, 0.29) is 12.5 Å². The molecule has 1 aliphatic rings. The fourth-order valence-electron chi connectivity index (χ4n) is 3.85. The maximum absolute atomic E-state index is 12.9. The Morgan fingerprint density at radius 1 is 1.19 bits per heavy atom. The lowest BCUT2D eigenvalue weighted by Gasteiger charge is -2.29. The lowest BCUT2D eigenvalue weighted by Crippen LogP contribution is -2.31. The Kier molecular flexibility index (Phi) is 6.79. The number of imidazole rings is 1. The maximum Gasteiger partial charge on any atom is 0.255 e. The number of aryl methyl sites for hydroxylation is 2. The van der Waals surface area contributed by atoms with Crippen LogP contribution in [-0.2, 0) is 24.9 Å². The predicted octanol–water partition coefficient (Wildman–Crippen LogP) is 2.16. The molecular weight excluding hydrogens is 408 g/mol. The highest BCUT2D eigenvalue weighted by Gasteiger charge is 2.22. The zero-order valence-electron chi connectivity index (χ0n) is 18.9. The van der Waals surface area contributed by atoms with Crippen LogP contribution in [0.2, 0.25) is 0 Å². The number of piperidine rings is 1. The van der Waals surface area contributed by atoms with Crippen LogP contribution in [0.15, 0.2) is 24.9 Å². The standard InChI is InChI=1S/C22H30N8O2/c1-4-32-14-19-18(21(31)24-12-17-11-23-15-28(17)3)13-26-30(19)22-25-10-16(2)20(27-22)29-8-6-5-7-9-29/h10-11,13,15H,4-9,12,14H2,1-3H3,(H,24,31). The number of hydrogen-bond donors (Lipinski definition) is 1. The van der Waals surface area contributed by atoms with Crippen molar-refractivity contribution >= 4 is 11.7 Å². The Hall–Kier alpha value is -3.27. The van der Waals surface area contributed by atoms with Gasteiger partial charge in [0.15, 0.2) is 0 Å². The van der Waals surface area contributed by atoms with Gasteiger partial charge >= 0.3 is 0 Å². The van der Waals surface area contributed by atoms with Crippen molar-refractivity contribution < 1.29 is 9.53 Å². The second-order valence-corrected chi connectivity index (χ2v) is 7.96. The SMILES string of the molecule is CCOCc1c(C(=O)NCc2cncn2C)cnn1-c1ncc(C)c(N2CCCCC2)n1. The fourth-order valence-corrected chi connectivity index (χ4v) is 3.85. The first-order valence-electron chi connectivity index (χ1n) is 11.1. The molecule has 0 bridgehead atoms. The summed E-state index contributed by atoms with van der Waals surface area (Å²) in [5.41, 5.74) is 3.01. The molecule has 1 N–H and O–H groups in total. The van der Waals surface area contributed by atoms with Crippen LogP contribution >= 0.6 is 0 Å². The van der Waals surface area contributed by atoms with Crippen LogP contribution in [0.3, 0.4) is 0 Å². The average molecular weight is 439 g/mol. The molecule has 1 fully saturated rings. The average Bonchev–Trinajstić information content (AvgIpc) is 3.43. The first-order valence-corrected chi connectivity index (χ1v) is 11.1. The van der Waals surface area contributed by atoms with Crippen molar-refractivity contribution in [1.29, 1.82) is 0 Å². The molecule has 1 saturated heterocycles. The molecule has 0 unspecified atom stereocenters. The van der Waals surface area contributed by atoms with Gasteiger partial charge < -0.3 is 19.5 Å². The predicted molar refractivity (Wildman–Crippen MR) is 120 cm³/mol. The molecule has 0 aliphatic carbocycles. The third-order valence-corrected chi connectivity index (χ3v) is 5.68. The molecule has 1 aliphatic heterocycles.